The predicted octanol–water partition coefficient (Wildman–Crippen LogP) is 6.64. The van der Waals surface area contributed by atoms with Gasteiger partial charge in [-0.15, -0.1) is 0 Å². The number of rotatable bonds is 17. The molecule has 0 amide bonds. The molecule has 1 aliphatic rings. The maximum Gasteiger partial charge on any atom is 0.305 e. The van der Waals surface area contributed by atoms with Gasteiger partial charge in [0.25, 0.3) is 0 Å². The highest BCUT2D eigenvalue weighted by molar-refractivity contribution is 5.69. The molecule has 2 unspecified atom stereocenters. The maximum atomic E-state index is 11.7. The Balaban J connectivity index is 2.71. The van der Waals surface area contributed by atoms with Crippen LogP contribution in [0.4, 0.5) is 0 Å². The molecule has 1 rings (SSSR count). The second-order valence-corrected chi connectivity index (χ2v) is 9.36. The quantitative estimate of drug-likeness (QED) is 0.0748. The van der Waals surface area contributed by atoms with Crippen LogP contribution in [0.2, 0.25) is 0 Å². The van der Waals surface area contributed by atoms with Crippen molar-refractivity contribution in [3.8, 4) is 0 Å². The largest absolute Gasteiger partial charge is 0.469 e. The highest BCUT2D eigenvalue weighted by Crippen LogP contribution is 2.33. The molecule has 6 nitrogen and oxygen atoms in total. The summed E-state index contributed by atoms with van der Waals surface area (Å²) in [6, 6.07) is 0. The lowest BCUT2D eigenvalue weighted by Crippen LogP contribution is -2.32. The van der Waals surface area contributed by atoms with Crippen LogP contribution in [0.15, 0.2) is 36.5 Å². The number of hydrogen-bond donors (Lipinski definition) is 0. The van der Waals surface area contributed by atoms with Gasteiger partial charge in [-0.1, -0.05) is 69.4 Å². The minimum absolute atomic E-state index is 0.151. The van der Waals surface area contributed by atoms with Crippen LogP contribution in [-0.4, -0.2) is 37.2 Å². The Kier molecular flexibility index (Phi) is 16.6. The van der Waals surface area contributed by atoms with E-state index in [-0.39, 0.29) is 42.0 Å². The van der Waals surface area contributed by atoms with Crippen molar-refractivity contribution < 1.29 is 28.6 Å². The van der Waals surface area contributed by atoms with E-state index in [9.17, 15) is 14.4 Å². The molecule has 0 fully saturated rings. The number of allylic oxidation sites excluding steroid dienone is 5. The van der Waals surface area contributed by atoms with Gasteiger partial charge in [-0.2, -0.15) is 0 Å². The van der Waals surface area contributed by atoms with Gasteiger partial charge in [0.1, 0.15) is 12.2 Å². The van der Waals surface area contributed by atoms with Gasteiger partial charge in [0, 0.05) is 26.2 Å². The lowest BCUT2D eigenvalue weighted by atomic mass is 9.78. The third kappa shape index (κ3) is 14.6. The minimum atomic E-state index is -0.302. The molecule has 0 aromatic carbocycles. The first-order chi connectivity index (χ1) is 16.9. The Labute approximate surface area is 212 Å². The van der Waals surface area contributed by atoms with Gasteiger partial charge in [0.05, 0.1) is 7.11 Å². The van der Waals surface area contributed by atoms with E-state index in [2.05, 4.69) is 25.2 Å². The fourth-order valence-electron chi connectivity index (χ4n) is 4.56. The number of ether oxygens (including phenoxy) is 3. The molecule has 0 bridgehead atoms. The third-order valence-electron chi connectivity index (χ3n) is 6.38. The van der Waals surface area contributed by atoms with Crippen molar-refractivity contribution in [1.82, 2.24) is 0 Å². The standard InChI is InChI=1S/C29H46O6/c1-5-6-7-8-9-10-18-26(34-23(2)30)19-13-11-16-25-17-12-14-20-27(25)28(35-24(3)31)21-15-22-29(32)33-4/h11-14,16,19,25-28H,5-10,15,17-18,20-22H2,1-4H3/t25-,26?,27-,28?/m1/s1. The van der Waals surface area contributed by atoms with E-state index < -0.39 is 0 Å². The topological polar surface area (TPSA) is 78.9 Å². The van der Waals surface area contributed by atoms with Gasteiger partial charge >= 0.3 is 17.9 Å². The summed E-state index contributed by atoms with van der Waals surface area (Å²) in [7, 11) is 1.38. The van der Waals surface area contributed by atoms with E-state index in [0.29, 0.717) is 19.3 Å². The average molecular weight is 491 g/mol. The molecule has 198 valence electrons. The fraction of sp³-hybridized carbons (Fsp3) is 0.690. The summed E-state index contributed by atoms with van der Waals surface area (Å²) < 4.78 is 15.9. The van der Waals surface area contributed by atoms with Gasteiger partial charge in [0.15, 0.2) is 0 Å². The molecule has 4 atom stereocenters. The van der Waals surface area contributed by atoms with Crippen LogP contribution in [0.25, 0.3) is 0 Å². The Bertz CT molecular complexity index is 708. The summed E-state index contributed by atoms with van der Waals surface area (Å²) >= 11 is 0. The zero-order valence-corrected chi connectivity index (χ0v) is 22.2. The second-order valence-electron chi connectivity index (χ2n) is 9.36. The maximum absolute atomic E-state index is 11.7. The Hall–Kier alpha value is -2.37. The molecule has 0 radical (unpaired) electrons. The number of unbranched alkanes of at least 4 members (excludes halogenated alkanes) is 5. The molecule has 0 saturated heterocycles. The fourth-order valence-corrected chi connectivity index (χ4v) is 4.56. The van der Waals surface area contributed by atoms with Gasteiger partial charge < -0.3 is 14.2 Å². The van der Waals surface area contributed by atoms with Crippen LogP contribution >= 0.6 is 0 Å². The molecule has 0 N–H and O–H groups in total. The smallest absolute Gasteiger partial charge is 0.305 e. The Morgan fingerprint density at radius 3 is 2.26 bits per heavy atom. The van der Waals surface area contributed by atoms with Crippen molar-refractivity contribution in [2.75, 3.05) is 7.11 Å². The van der Waals surface area contributed by atoms with E-state index in [0.717, 1.165) is 32.1 Å². The van der Waals surface area contributed by atoms with E-state index in [1.54, 1.807) is 0 Å². The molecular formula is C29H46O6. The molecule has 0 saturated carbocycles. The summed E-state index contributed by atoms with van der Waals surface area (Å²) in [5.41, 5.74) is 0. The van der Waals surface area contributed by atoms with Crippen molar-refractivity contribution in [2.24, 2.45) is 11.8 Å². The zero-order chi connectivity index (χ0) is 25.9. The Morgan fingerprint density at radius 2 is 1.57 bits per heavy atom. The highest BCUT2D eigenvalue weighted by Gasteiger charge is 2.30. The molecule has 1 aliphatic carbocycles. The molecule has 0 spiro atoms. The summed E-state index contributed by atoms with van der Waals surface area (Å²) in [6.45, 7) is 5.09. The van der Waals surface area contributed by atoms with E-state index >= 15 is 0 Å². The van der Waals surface area contributed by atoms with E-state index in [4.69, 9.17) is 14.2 Å². The normalized spacial score (nSPS) is 19.5. The molecular weight excluding hydrogens is 444 g/mol. The van der Waals surface area contributed by atoms with Crippen molar-refractivity contribution >= 4 is 17.9 Å². The van der Waals surface area contributed by atoms with Crippen molar-refractivity contribution in [3.63, 3.8) is 0 Å². The van der Waals surface area contributed by atoms with Gasteiger partial charge in [-0.05, 0) is 50.5 Å². The summed E-state index contributed by atoms with van der Waals surface area (Å²) in [6.07, 6.45) is 23.2. The molecule has 0 aromatic heterocycles. The van der Waals surface area contributed by atoms with Gasteiger partial charge in [0.2, 0.25) is 0 Å². The van der Waals surface area contributed by atoms with Crippen LogP contribution in [0, 0.1) is 11.8 Å². The molecule has 6 heteroatoms. The first kappa shape index (κ1) is 30.7. The number of methoxy groups -OCH3 is 1. The SMILES string of the molecule is CCCCCCCCC(C=CC=C[C@@H]1CC=CC[C@H]1C(CCCC(=O)OC)OC(C)=O)OC(C)=O. The van der Waals surface area contributed by atoms with Gasteiger partial charge in [-0.25, -0.2) is 0 Å². The minimum Gasteiger partial charge on any atom is -0.469 e. The van der Waals surface area contributed by atoms with Crippen LogP contribution < -0.4 is 0 Å². The second kappa shape index (κ2) is 18.9. The van der Waals surface area contributed by atoms with E-state index in [1.807, 2.05) is 18.2 Å². The first-order valence-electron chi connectivity index (χ1n) is 13.3. The third-order valence-corrected chi connectivity index (χ3v) is 6.38. The lowest BCUT2D eigenvalue weighted by molar-refractivity contribution is -0.150. The van der Waals surface area contributed by atoms with Crippen molar-refractivity contribution in [3.05, 3.63) is 36.5 Å². The molecule has 0 heterocycles. The summed E-state index contributed by atoms with van der Waals surface area (Å²) in [4.78, 5) is 34.7. The number of carbonyl (C=O) groups is 3. The van der Waals surface area contributed by atoms with Crippen molar-refractivity contribution in [2.45, 2.75) is 110 Å². The molecule has 0 aliphatic heterocycles. The van der Waals surface area contributed by atoms with Crippen LogP contribution in [0.5, 0.6) is 0 Å². The van der Waals surface area contributed by atoms with Crippen LogP contribution in [0.1, 0.15) is 97.8 Å². The van der Waals surface area contributed by atoms with Crippen LogP contribution in [0.3, 0.4) is 0 Å². The number of carbonyl (C=O) groups excluding carboxylic acids is 3. The summed E-state index contributed by atoms with van der Waals surface area (Å²) in [5, 5.41) is 0. The zero-order valence-electron chi connectivity index (χ0n) is 22.2. The first-order valence-corrected chi connectivity index (χ1v) is 13.3. The van der Waals surface area contributed by atoms with Gasteiger partial charge in [-0.3, -0.25) is 14.4 Å². The molecule has 35 heavy (non-hydrogen) atoms. The average Bonchev–Trinajstić information content (AvgIpc) is 2.82. The van der Waals surface area contributed by atoms with Crippen molar-refractivity contribution in [1.29, 1.82) is 0 Å². The highest BCUT2D eigenvalue weighted by atomic mass is 16.5. The number of esters is 3. The monoisotopic (exact) mass is 490 g/mol. The number of hydrogen-bond acceptors (Lipinski definition) is 6. The lowest BCUT2D eigenvalue weighted by Gasteiger charge is -2.33. The van der Waals surface area contributed by atoms with Crippen LogP contribution in [-0.2, 0) is 28.6 Å². The van der Waals surface area contributed by atoms with E-state index in [1.165, 1.54) is 46.6 Å². The summed E-state index contributed by atoms with van der Waals surface area (Å²) in [5.74, 6) is -0.441. The Morgan fingerprint density at radius 1 is 0.886 bits per heavy atom. The molecule has 0 aromatic rings. The predicted molar refractivity (Wildman–Crippen MR) is 139 cm³/mol.